The van der Waals surface area contributed by atoms with Gasteiger partial charge >= 0.3 is 0 Å². The Hall–Kier alpha value is -2.36. The van der Waals surface area contributed by atoms with Crippen molar-refractivity contribution in [3.8, 4) is 17.2 Å². The van der Waals surface area contributed by atoms with Crippen molar-refractivity contribution in [2.75, 3.05) is 21.3 Å². The molecule has 3 aromatic rings. The molecule has 0 saturated carbocycles. The first-order valence-corrected chi connectivity index (χ1v) is 5.98. The van der Waals surface area contributed by atoms with Crippen LogP contribution in [0.3, 0.4) is 0 Å². The van der Waals surface area contributed by atoms with Gasteiger partial charge in [0.2, 0.25) is 0 Å². The van der Waals surface area contributed by atoms with Crippen molar-refractivity contribution in [1.82, 2.24) is 4.98 Å². The molecule has 3 rings (SSSR count). The molecule has 0 unspecified atom stereocenters. The Kier molecular flexibility index (Phi) is 2.71. The highest BCUT2D eigenvalue weighted by atomic mass is 16.5. The summed E-state index contributed by atoms with van der Waals surface area (Å²) in [6.07, 6.45) is 0. The van der Waals surface area contributed by atoms with Crippen molar-refractivity contribution >= 4 is 21.8 Å². The Balaban J connectivity index is 2.41. The Labute approximate surface area is 110 Å². The van der Waals surface area contributed by atoms with E-state index in [-0.39, 0.29) is 0 Å². The van der Waals surface area contributed by atoms with Gasteiger partial charge in [0.25, 0.3) is 0 Å². The van der Waals surface area contributed by atoms with Crippen molar-refractivity contribution in [2.24, 2.45) is 0 Å². The van der Waals surface area contributed by atoms with Crippen LogP contribution in [0.15, 0.2) is 30.3 Å². The van der Waals surface area contributed by atoms with Gasteiger partial charge in [0, 0.05) is 28.4 Å². The van der Waals surface area contributed by atoms with Crippen LogP contribution >= 0.6 is 0 Å². The molecule has 1 N–H and O–H groups in total. The third-order valence-electron chi connectivity index (χ3n) is 3.30. The third kappa shape index (κ3) is 1.76. The minimum absolute atomic E-state index is 0.767. The van der Waals surface area contributed by atoms with E-state index in [2.05, 4.69) is 4.98 Å². The van der Waals surface area contributed by atoms with Gasteiger partial charge in [-0.05, 0) is 18.2 Å². The van der Waals surface area contributed by atoms with E-state index in [9.17, 15) is 0 Å². The van der Waals surface area contributed by atoms with Gasteiger partial charge in [-0.2, -0.15) is 0 Å². The number of benzene rings is 2. The fourth-order valence-electron chi connectivity index (χ4n) is 2.36. The molecular formula is C15H15NO3. The largest absolute Gasteiger partial charge is 0.497 e. The molecule has 0 aliphatic carbocycles. The zero-order valence-electron chi connectivity index (χ0n) is 11.1. The molecule has 1 heterocycles. The second-order valence-corrected chi connectivity index (χ2v) is 4.29. The average Bonchev–Trinajstić information content (AvgIpc) is 2.83. The number of rotatable bonds is 3. The summed E-state index contributed by atoms with van der Waals surface area (Å²) in [4.78, 5) is 3.36. The first-order chi connectivity index (χ1) is 9.26. The molecule has 0 radical (unpaired) electrons. The minimum Gasteiger partial charge on any atom is -0.497 e. The summed E-state index contributed by atoms with van der Waals surface area (Å²) in [5, 5.41) is 2.12. The van der Waals surface area contributed by atoms with Gasteiger partial charge < -0.3 is 19.2 Å². The predicted molar refractivity (Wildman–Crippen MR) is 75.5 cm³/mol. The number of H-pyrrole nitrogens is 1. The smallest absolute Gasteiger partial charge is 0.132 e. The summed E-state index contributed by atoms with van der Waals surface area (Å²) in [7, 11) is 4.97. The molecule has 0 aliphatic heterocycles. The van der Waals surface area contributed by atoms with Crippen LogP contribution in [0.1, 0.15) is 0 Å². The predicted octanol–water partition coefficient (Wildman–Crippen LogP) is 3.35. The second kappa shape index (κ2) is 4.39. The molecule has 4 nitrogen and oxygen atoms in total. The number of aromatic amines is 1. The van der Waals surface area contributed by atoms with Crippen molar-refractivity contribution in [2.45, 2.75) is 0 Å². The van der Waals surface area contributed by atoms with Crippen molar-refractivity contribution in [3.05, 3.63) is 30.3 Å². The van der Waals surface area contributed by atoms with Gasteiger partial charge in [-0.3, -0.25) is 0 Å². The highest BCUT2D eigenvalue weighted by Crippen LogP contribution is 2.37. The van der Waals surface area contributed by atoms with Crippen LogP contribution < -0.4 is 14.2 Å². The molecule has 0 amide bonds. The summed E-state index contributed by atoms with van der Waals surface area (Å²) < 4.78 is 16.0. The van der Waals surface area contributed by atoms with E-state index in [0.29, 0.717) is 0 Å². The van der Waals surface area contributed by atoms with Crippen LogP contribution in [0.4, 0.5) is 0 Å². The van der Waals surface area contributed by atoms with E-state index in [1.54, 1.807) is 21.3 Å². The highest BCUT2D eigenvalue weighted by Gasteiger charge is 2.12. The molecule has 1 aromatic heterocycles. The molecular weight excluding hydrogens is 242 g/mol. The Morgan fingerprint density at radius 1 is 0.789 bits per heavy atom. The third-order valence-corrected chi connectivity index (χ3v) is 3.30. The van der Waals surface area contributed by atoms with Crippen LogP contribution in [0.25, 0.3) is 21.8 Å². The van der Waals surface area contributed by atoms with Gasteiger partial charge in [0.05, 0.1) is 26.8 Å². The Morgan fingerprint density at radius 2 is 1.58 bits per heavy atom. The van der Waals surface area contributed by atoms with Crippen molar-refractivity contribution in [1.29, 1.82) is 0 Å². The lowest BCUT2D eigenvalue weighted by atomic mass is 10.1. The van der Waals surface area contributed by atoms with Crippen LogP contribution in [0.5, 0.6) is 17.2 Å². The van der Waals surface area contributed by atoms with E-state index in [1.807, 2.05) is 30.3 Å². The van der Waals surface area contributed by atoms with Gasteiger partial charge in [-0.1, -0.05) is 0 Å². The molecule has 4 heteroatoms. The quantitative estimate of drug-likeness (QED) is 0.782. The van der Waals surface area contributed by atoms with Gasteiger partial charge in [0.1, 0.15) is 17.2 Å². The molecule has 98 valence electrons. The maximum atomic E-state index is 5.47. The molecule has 0 bridgehead atoms. The van der Waals surface area contributed by atoms with Crippen LogP contribution in [-0.2, 0) is 0 Å². The molecule has 2 aromatic carbocycles. The molecule has 0 atom stereocenters. The lowest BCUT2D eigenvalue weighted by Gasteiger charge is -2.06. The number of nitrogens with one attached hydrogen (secondary N) is 1. The van der Waals surface area contributed by atoms with Gasteiger partial charge in [0.15, 0.2) is 0 Å². The van der Waals surface area contributed by atoms with E-state index in [4.69, 9.17) is 14.2 Å². The monoisotopic (exact) mass is 257 g/mol. The topological polar surface area (TPSA) is 43.5 Å². The molecule has 0 fully saturated rings. The lowest BCUT2D eigenvalue weighted by molar-refractivity contribution is 0.398. The first-order valence-electron chi connectivity index (χ1n) is 5.98. The zero-order chi connectivity index (χ0) is 13.4. The summed E-state index contributed by atoms with van der Waals surface area (Å²) in [5.74, 6) is 2.38. The van der Waals surface area contributed by atoms with E-state index < -0.39 is 0 Å². The number of hydrogen-bond acceptors (Lipinski definition) is 3. The number of aromatic nitrogens is 1. The maximum absolute atomic E-state index is 5.47. The SMILES string of the molecule is COc1cc(OC)c2c(c1)[nH]c1ccc(OC)cc12. The zero-order valence-corrected chi connectivity index (χ0v) is 11.1. The number of methoxy groups -OCH3 is 3. The fraction of sp³-hybridized carbons (Fsp3) is 0.200. The normalized spacial score (nSPS) is 10.9. The standard InChI is InChI=1S/C15H15NO3/c1-17-9-4-5-12-11(6-9)15-13(16-12)7-10(18-2)8-14(15)19-3/h4-8,16H,1-3H3. The minimum atomic E-state index is 0.767. The van der Waals surface area contributed by atoms with Crippen molar-refractivity contribution in [3.63, 3.8) is 0 Å². The number of ether oxygens (including phenoxy) is 3. The lowest BCUT2D eigenvalue weighted by Crippen LogP contribution is -1.87. The summed E-state index contributed by atoms with van der Waals surface area (Å²) in [6.45, 7) is 0. The summed E-state index contributed by atoms with van der Waals surface area (Å²) in [6, 6.07) is 9.78. The van der Waals surface area contributed by atoms with Gasteiger partial charge in [-0.15, -0.1) is 0 Å². The van der Waals surface area contributed by atoms with Crippen LogP contribution in [0.2, 0.25) is 0 Å². The maximum Gasteiger partial charge on any atom is 0.132 e. The van der Waals surface area contributed by atoms with E-state index in [1.165, 1.54) is 0 Å². The molecule has 0 spiro atoms. The summed E-state index contributed by atoms with van der Waals surface area (Å²) >= 11 is 0. The Morgan fingerprint density at radius 3 is 2.26 bits per heavy atom. The first kappa shape index (κ1) is 11.7. The fourth-order valence-corrected chi connectivity index (χ4v) is 2.36. The van der Waals surface area contributed by atoms with Crippen LogP contribution in [-0.4, -0.2) is 26.3 Å². The van der Waals surface area contributed by atoms with E-state index >= 15 is 0 Å². The molecule has 0 aliphatic rings. The van der Waals surface area contributed by atoms with Crippen LogP contribution in [0, 0.1) is 0 Å². The molecule has 0 saturated heterocycles. The summed E-state index contributed by atoms with van der Waals surface area (Å²) in [5.41, 5.74) is 2.03. The highest BCUT2D eigenvalue weighted by molar-refractivity contribution is 6.11. The van der Waals surface area contributed by atoms with E-state index in [0.717, 1.165) is 39.1 Å². The average molecular weight is 257 g/mol. The Bertz CT molecular complexity index is 746. The van der Waals surface area contributed by atoms with Crippen molar-refractivity contribution < 1.29 is 14.2 Å². The number of hydrogen-bond donors (Lipinski definition) is 1. The second-order valence-electron chi connectivity index (χ2n) is 4.29. The number of fused-ring (bicyclic) bond motifs is 3. The molecule has 19 heavy (non-hydrogen) atoms. The van der Waals surface area contributed by atoms with Gasteiger partial charge in [-0.25, -0.2) is 0 Å².